The first-order valence-electron chi connectivity index (χ1n) is 1.62. The van der Waals surface area contributed by atoms with E-state index in [1.54, 1.807) is 9.24 Å². The molecule has 0 aromatic carbocycles. The Labute approximate surface area is 54.0 Å². The maximum Gasteiger partial charge on any atom is 0.240 e. The van der Waals surface area contributed by atoms with Crippen LogP contribution >= 0.6 is 19.9 Å². The van der Waals surface area contributed by atoms with E-state index in [0.717, 1.165) is 0 Å². The summed E-state index contributed by atoms with van der Waals surface area (Å²) in [4.78, 5) is 9.96. The van der Waals surface area contributed by atoms with Crippen LogP contribution in [0.5, 0.6) is 0 Å². The standard InChI is InChI=1S/C2H4ClO3PS/c3-8(5,6)1-2(4)7/h1,7H2. The summed E-state index contributed by atoms with van der Waals surface area (Å²) in [7, 11) is 2.76. The highest BCUT2D eigenvalue weighted by Crippen LogP contribution is 1.98. The Morgan fingerprint density at radius 3 is 2.00 bits per heavy atom. The number of rotatable bonds is 2. The molecule has 1 unspecified atom stereocenters. The summed E-state index contributed by atoms with van der Waals surface area (Å²) in [6, 6.07) is 0. The molecule has 0 aliphatic carbocycles. The lowest BCUT2D eigenvalue weighted by Crippen LogP contribution is -2.02. The van der Waals surface area contributed by atoms with Gasteiger partial charge in [-0.2, -0.15) is 0 Å². The van der Waals surface area contributed by atoms with Gasteiger partial charge in [0.05, 0.1) is 0 Å². The summed E-state index contributed by atoms with van der Waals surface area (Å²) >= 11 is 0. The Hall–Kier alpha value is 0.340. The monoisotopic (exact) mass is 174 g/mol. The van der Waals surface area contributed by atoms with E-state index >= 15 is 0 Å². The quantitative estimate of drug-likeness (QED) is 0.436. The van der Waals surface area contributed by atoms with Crippen LogP contribution in [0.3, 0.4) is 0 Å². The first kappa shape index (κ1) is 8.34. The van der Waals surface area contributed by atoms with Crippen molar-refractivity contribution >= 4 is 34.5 Å². The minimum Gasteiger partial charge on any atom is -0.294 e. The third kappa shape index (κ3) is 6.34. The molecule has 6 heteroatoms. The average molecular weight is 175 g/mol. The third-order valence-corrected chi connectivity index (χ3v) is 1.77. The van der Waals surface area contributed by atoms with Crippen molar-refractivity contribution in [3.8, 4) is 0 Å². The zero-order chi connectivity index (χ0) is 6.78. The van der Waals surface area contributed by atoms with Crippen molar-refractivity contribution in [1.29, 1.82) is 0 Å². The van der Waals surface area contributed by atoms with Gasteiger partial charge in [0.15, 0.2) is 5.52 Å². The van der Waals surface area contributed by atoms with E-state index in [-0.39, 0.29) is 0 Å². The fraction of sp³-hybridized carbons (Fsp3) is 0.500. The highest BCUT2D eigenvalue weighted by atomic mass is 35.7. The van der Waals surface area contributed by atoms with Crippen molar-refractivity contribution in [3.05, 3.63) is 0 Å². The predicted octanol–water partition coefficient (Wildman–Crippen LogP) is -0.0433. The van der Waals surface area contributed by atoms with Crippen molar-refractivity contribution in [2.75, 3.05) is 5.75 Å². The second kappa shape index (κ2) is 2.76. The summed E-state index contributed by atoms with van der Waals surface area (Å²) in [6.07, 6.45) is 0. The van der Waals surface area contributed by atoms with Crippen LogP contribution in [0.4, 0.5) is 0 Å². The first-order chi connectivity index (χ1) is 3.42. The van der Waals surface area contributed by atoms with Gasteiger partial charge in [0, 0.05) is 10.7 Å². The molecule has 0 bridgehead atoms. The molecular weight excluding hydrogens is 171 g/mol. The normalized spacial score (nSPS) is 11.2. The zero-order valence-corrected chi connectivity index (χ0v) is 6.52. The van der Waals surface area contributed by atoms with Crippen LogP contribution in [0.25, 0.3) is 0 Å². The fourth-order valence-electron chi connectivity index (χ4n) is 0.170. The molecule has 0 rings (SSSR count). The lowest BCUT2D eigenvalue weighted by Gasteiger charge is -1.84. The Morgan fingerprint density at radius 2 is 2.00 bits per heavy atom. The second-order valence-corrected chi connectivity index (χ2v) is 4.57. The molecule has 0 fully saturated rings. The van der Waals surface area contributed by atoms with Gasteiger partial charge in [-0.1, -0.05) is 9.24 Å². The van der Waals surface area contributed by atoms with Crippen molar-refractivity contribution in [3.63, 3.8) is 0 Å². The van der Waals surface area contributed by atoms with E-state index in [1.807, 2.05) is 0 Å². The predicted molar refractivity (Wildman–Crippen MR) is 34.4 cm³/mol. The molecule has 0 amide bonds. The largest absolute Gasteiger partial charge is 0.294 e. The number of carbonyl (C=O) groups is 1. The fourth-order valence-corrected chi connectivity index (χ4v) is 1.81. The van der Waals surface area contributed by atoms with Crippen molar-refractivity contribution in [1.82, 2.24) is 0 Å². The van der Waals surface area contributed by atoms with Gasteiger partial charge in [0.2, 0.25) is 9.05 Å². The van der Waals surface area contributed by atoms with E-state index in [9.17, 15) is 13.2 Å². The molecule has 0 heterocycles. The number of halogens is 1. The minimum atomic E-state index is -3.62. The van der Waals surface area contributed by atoms with Gasteiger partial charge >= 0.3 is 0 Å². The second-order valence-electron chi connectivity index (χ2n) is 1.15. The van der Waals surface area contributed by atoms with Gasteiger partial charge in [0.1, 0.15) is 5.75 Å². The maximum absolute atomic E-state index is 9.97. The summed E-state index contributed by atoms with van der Waals surface area (Å²) in [5, 5.41) is 0. The van der Waals surface area contributed by atoms with Crippen molar-refractivity contribution in [2.45, 2.75) is 0 Å². The molecule has 0 saturated carbocycles. The van der Waals surface area contributed by atoms with Gasteiger partial charge in [-0.05, 0) is 0 Å². The number of hydrogen-bond acceptors (Lipinski definition) is 3. The topological polar surface area (TPSA) is 51.2 Å². The van der Waals surface area contributed by atoms with Crippen molar-refractivity contribution in [2.24, 2.45) is 0 Å². The van der Waals surface area contributed by atoms with Crippen LogP contribution in [0.2, 0.25) is 0 Å². The molecule has 0 radical (unpaired) electrons. The molecule has 0 aromatic rings. The van der Waals surface area contributed by atoms with Crippen LogP contribution in [0.1, 0.15) is 0 Å². The van der Waals surface area contributed by atoms with E-state index in [2.05, 4.69) is 10.7 Å². The van der Waals surface area contributed by atoms with Gasteiger partial charge in [-0.3, -0.25) is 4.79 Å². The lowest BCUT2D eigenvalue weighted by molar-refractivity contribution is -0.108. The van der Waals surface area contributed by atoms with Crippen LogP contribution < -0.4 is 0 Å². The van der Waals surface area contributed by atoms with E-state index in [1.165, 1.54) is 0 Å². The molecule has 0 spiro atoms. The highest BCUT2D eigenvalue weighted by Gasteiger charge is 2.07. The molecule has 0 saturated heterocycles. The summed E-state index contributed by atoms with van der Waals surface area (Å²) < 4.78 is 19.9. The Morgan fingerprint density at radius 1 is 1.62 bits per heavy atom. The van der Waals surface area contributed by atoms with Crippen molar-refractivity contribution < 1.29 is 13.2 Å². The van der Waals surface area contributed by atoms with E-state index in [0.29, 0.717) is 0 Å². The summed E-state index contributed by atoms with van der Waals surface area (Å²) in [5.74, 6) is -0.612. The lowest BCUT2D eigenvalue weighted by atomic mass is 10.9. The SMILES string of the molecule is O=C(P)CS(=O)(=O)Cl. The molecule has 0 aromatic heterocycles. The van der Waals surface area contributed by atoms with Crippen LogP contribution in [0, 0.1) is 0 Å². The molecule has 1 atom stereocenters. The first-order valence-corrected chi connectivity index (χ1v) is 4.68. The molecule has 48 valence electrons. The minimum absolute atomic E-state index is 0.528. The van der Waals surface area contributed by atoms with Gasteiger partial charge in [-0.25, -0.2) is 8.42 Å². The van der Waals surface area contributed by atoms with Gasteiger partial charge in [-0.15, -0.1) is 0 Å². The smallest absolute Gasteiger partial charge is 0.240 e. The Bertz CT molecular complexity index is 183. The van der Waals surface area contributed by atoms with Crippen LogP contribution in [-0.2, 0) is 13.8 Å². The number of carbonyl (C=O) groups excluding carboxylic acids is 1. The molecule has 0 N–H and O–H groups in total. The summed E-state index contributed by atoms with van der Waals surface area (Å²) in [6.45, 7) is 0. The Balaban J connectivity index is 3.95. The van der Waals surface area contributed by atoms with Gasteiger partial charge in [0.25, 0.3) is 0 Å². The summed E-state index contributed by atoms with van der Waals surface area (Å²) in [5.41, 5.74) is -0.528. The van der Waals surface area contributed by atoms with E-state index < -0.39 is 20.3 Å². The molecule has 0 aliphatic rings. The van der Waals surface area contributed by atoms with Crippen LogP contribution in [0.15, 0.2) is 0 Å². The Kier molecular flexibility index (Phi) is 2.88. The van der Waals surface area contributed by atoms with Gasteiger partial charge < -0.3 is 0 Å². The van der Waals surface area contributed by atoms with E-state index in [4.69, 9.17) is 0 Å². The zero-order valence-electron chi connectivity index (χ0n) is 3.80. The maximum atomic E-state index is 9.97. The molecule has 0 aliphatic heterocycles. The molecule has 3 nitrogen and oxygen atoms in total. The highest BCUT2D eigenvalue weighted by molar-refractivity contribution is 8.14. The number of hydrogen-bond donors (Lipinski definition) is 0. The molecule has 8 heavy (non-hydrogen) atoms. The molecular formula is C2H4ClO3PS. The third-order valence-electron chi connectivity index (χ3n) is 0.315. The average Bonchev–Trinajstić information content (AvgIpc) is 1.21. The van der Waals surface area contributed by atoms with Crippen LogP contribution in [-0.4, -0.2) is 19.7 Å².